The zero-order valence-corrected chi connectivity index (χ0v) is 13.8. The molecule has 2 aromatic rings. The van der Waals surface area contributed by atoms with E-state index in [1.54, 1.807) is 11.3 Å². The number of nitrogens with one attached hydrogen (secondary N) is 1. The van der Waals surface area contributed by atoms with Crippen LogP contribution in [0.4, 0.5) is 4.39 Å². The number of hydrogen-bond acceptors (Lipinski definition) is 3. The maximum atomic E-state index is 13.2. The SMILES string of the molecule is Cl.Fc1ccc([C@H](c2ccc(Cl)s2)N2CCNCC2)cc1. The van der Waals surface area contributed by atoms with Crippen molar-refractivity contribution in [1.82, 2.24) is 10.2 Å². The lowest BCUT2D eigenvalue weighted by Gasteiger charge is -2.34. The molecule has 0 aliphatic carbocycles. The smallest absolute Gasteiger partial charge is 0.123 e. The van der Waals surface area contributed by atoms with Crippen LogP contribution in [0, 0.1) is 5.82 Å². The molecule has 3 rings (SSSR count). The summed E-state index contributed by atoms with van der Waals surface area (Å²) in [6.45, 7) is 3.93. The van der Waals surface area contributed by atoms with Gasteiger partial charge in [0.2, 0.25) is 0 Å². The van der Waals surface area contributed by atoms with Crippen LogP contribution in [0.25, 0.3) is 0 Å². The van der Waals surface area contributed by atoms with Crippen LogP contribution in [-0.2, 0) is 0 Å². The fourth-order valence-corrected chi connectivity index (χ4v) is 3.84. The van der Waals surface area contributed by atoms with Gasteiger partial charge in [0.05, 0.1) is 10.4 Å². The fraction of sp³-hybridized carbons (Fsp3) is 0.333. The average Bonchev–Trinajstić information content (AvgIpc) is 2.89. The van der Waals surface area contributed by atoms with Crippen LogP contribution in [0.5, 0.6) is 0 Å². The largest absolute Gasteiger partial charge is 0.314 e. The van der Waals surface area contributed by atoms with Crippen LogP contribution in [-0.4, -0.2) is 31.1 Å². The minimum Gasteiger partial charge on any atom is -0.314 e. The highest BCUT2D eigenvalue weighted by atomic mass is 35.5. The standard InChI is InChI=1S/C15H16ClFN2S.ClH/c16-14-6-5-13(20-14)15(19-9-7-18-8-10-19)11-1-3-12(17)4-2-11;/h1-6,15,18H,7-10H2;1H/t15-;/m1./s1. The van der Waals surface area contributed by atoms with Crippen LogP contribution in [0.3, 0.4) is 0 Å². The second-order valence-electron chi connectivity index (χ2n) is 4.88. The zero-order valence-electron chi connectivity index (χ0n) is 11.4. The third kappa shape index (κ3) is 3.96. The number of rotatable bonds is 3. The molecule has 1 aliphatic rings. The van der Waals surface area contributed by atoms with E-state index in [1.165, 1.54) is 17.0 Å². The van der Waals surface area contributed by atoms with E-state index < -0.39 is 0 Å². The van der Waals surface area contributed by atoms with Crippen LogP contribution in [0.1, 0.15) is 16.5 Å². The van der Waals surface area contributed by atoms with Crippen molar-refractivity contribution in [3.8, 4) is 0 Å². The van der Waals surface area contributed by atoms with E-state index in [9.17, 15) is 4.39 Å². The normalized spacial score (nSPS) is 17.2. The van der Waals surface area contributed by atoms with Crippen molar-refractivity contribution >= 4 is 35.3 Å². The molecule has 0 amide bonds. The predicted molar refractivity (Wildman–Crippen MR) is 89.3 cm³/mol. The van der Waals surface area contributed by atoms with E-state index in [4.69, 9.17) is 11.6 Å². The number of benzene rings is 1. The zero-order chi connectivity index (χ0) is 13.9. The summed E-state index contributed by atoms with van der Waals surface area (Å²) >= 11 is 7.68. The molecule has 6 heteroatoms. The van der Waals surface area contributed by atoms with Crippen LogP contribution in [0.2, 0.25) is 4.34 Å². The van der Waals surface area contributed by atoms with Gasteiger partial charge >= 0.3 is 0 Å². The molecule has 0 radical (unpaired) electrons. The second kappa shape index (κ2) is 7.56. The summed E-state index contributed by atoms with van der Waals surface area (Å²) in [5.41, 5.74) is 1.12. The Bertz CT molecular complexity index is 567. The van der Waals surface area contributed by atoms with Crippen molar-refractivity contribution in [2.24, 2.45) is 0 Å². The van der Waals surface area contributed by atoms with Crippen LogP contribution in [0.15, 0.2) is 36.4 Å². The number of piperazine rings is 1. The minimum absolute atomic E-state index is 0. The lowest BCUT2D eigenvalue weighted by molar-refractivity contribution is 0.200. The Hall–Kier alpha value is -0.650. The number of halogens is 3. The molecule has 114 valence electrons. The number of nitrogens with zero attached hydrogens (tertiary/aromatic N) is 1. The third-order valence-electron chi connectivity index (χ3n) is 3.57. The summed E-state index contributed by atoms with van der Waals surface area (Å²) in [6, 6.07) is 11.0. The molecule has 1 saturated heterocycles. The summed E-state index contributed by atoms with van der Waals surface area (Å²) in [5.74, 6) is -0.197. The first-order chi connectivity index (χ1) is 9.74. The van der Waals surface area contributed by atoms with Crippen molar-refractivity contribution in [2.45, 2.75) is 6.04 Å². The summed E-state index contributed by atoms with van der Waals surface area (Å²) in [6.07, 6.45) is 0. The summed E-state index contributed by atoms with van der Waals surface area (Å²) in [5, 5.41) is 3.36. The third-order valence-corrected chi connectivity index (χ3v) is 4.85. The van der Waals surface area contributed by atoms with E-state index in [2.05, 4.69) is 16.3 Å². The summed E-state index contributed by atoms with van der Waals surface area (Å²) in [7, 11) is 0. The molecule has 2 heterocycles. The minimum atomic E-state index is -0.197. The van der Waals surface area contributed by atoms with E-state index in [-0.39, 0.29) is 24.3 Å². The Labute approximate surface area is 139 Å². The molecule has 2 nitrogen and oxygen atoms in total. The monoisotopic (exact) mass is 346 g/mol. The van der Waals surface area contributed by atoms with Crippen LogP contribution < -0.4 is 5.32 Å². The first-order valence-electron chi connectivity index (χ1n) is 6.69. The van der Waals surface area contributed by atoms with Crippen molar-refractivity contribution in [2.75, 3.05) is 26.2 Å². The number of thiophene rings is 1. The molecular weight excluding hydrogens is 330 g/mol. The molecule has 1 fully saturated rings. The molecule has 1 aromatic carbocycles. The van der Waals surface area contributed by atoms with Gasteiger partial charge in [-0.05, 0) is 29.8 Å². The molecule has 21 heavy (non-hydrogen) atoms. The highest BCUT2D eigenvalue weighted by molar-refractivity contribution is 7.16. The van der Waals surface area contributed by atoms with Gasteiger partial charge in [0.25, 0.3) is 0 Å². The maximum absolute atomic E-state index is 13.2. The molecule has 1 N–H and O–H groups in total. The van der Waals surface area contributed by atoms with Crippen LogP contribution >= 0.6 is 35.3 Å². The Morgan fingerprint density at radius 3 is 2.33 bits per heavy atom. The molecule has 0 unspecified atom stereocenters. The highest BCUT2D eigenvalue weighted by Gasteiger charge is 2.25. The van der Waals surface area contributed by atoms with Crippen molar-refractivity contribution in [3.05, 3.63) is 57.0 Å². The Balaban J connectivity index is 0.00000161. The van der Waals surface area contributed by atoms with Gasteiger partial charge in [-0.25, -0.2) is 4.39 Å². The molecule has 1 atom stereocenters. The van der Waals surface area contributed by atoms with Crippen molar-refractivity contribution in [3.63, 3.8) is 0 Å². The van der Waals surface area contributed by atoms with Crippen molar-refractivity contribution < 1.29 is 4.39 Å². The quantitative estimate of drug-likeness (QED) is 0.904. The fourth-order valence-electron chi connectivity index (χ4n) is 2.62. The summed E-state index contributed by atoms with van der Waals surface area (Å²) < 4.78 is 14.0. The predicted octanol–water partition coefficient (Wildman–Crippen LogP) is 3.96. The molecule has 0 bridgehead atoms. The summed E-state index contributed by atoms with van der Waals surface area (Å²) in [4.78, 5) is 3.63. The molecule has 0 saturated carbocycles. The molecular formula is C15H17Cl2FN2S. The van der Waals surface area contributed by atoms with E-state index in [0.717, 1.165) is 36.1 Å². The highest BCUT2D eigenvalue weighted by Crippen LogP contribution is 2.35. The van der Waals surface area contributed by atoms with Gasteiger partial charge in [0.15, 0.2) is 0 Å². The van der Waals surface area contributed by atoms with E-state index in [1.807, 2.05) is 18.2 Å². The average molecular weight is 347 g/mol. The van der Waals surface area contributed by atoms with E-state index in [0.29, 0.717) is 0 Å². The first-order valence-corrected chi connectivity index (χ1v) is 7.89. The van der Waals surface area contributed by atoms with E-state index >= 15 is 0 Å². The second-order valence-corrected chi connectivity index (χ2v) is 6.63. The number of hydrogen-bond donors (Lipinski definition) is 1. The molecule has 1 aromatic heterocycles. The van der Waals surface area contributed by atoms with Gasteiger partial charge in [-0.15, -0.1) is 23.7 Å². The van der Waals surface area contributed by atoms with Gasteiger partial charge in [-0.3, -0.25) is 4.90 Å². The van der Waals surface area contributed by atoms with Gasteiger partial charge in [-0.2, -0.15) is 0 Å². The Morgan fingerprint density at radius 2 is 1.76 bits per heavy atom. The lowest BCUT2D eigenvalue weighted by atomic mass is 10.0. The molecule has 0 spiro atoms. The van der Waals surface area contributed by atoms with Gasteiger partial charge in [-0.1, -0.05) is 23.7 Å². The maximum Gasteiger partial charge on any atom is 0.123 e. The van der Waals surface area contributed by atoms with Gasteiger partial charge in [0.1, 0.15) is 5.82 Å². The van der Waals surface area contributed by atoms with Gasteiger partial charge < -0.3 is 5.32 Å². The van der Waals surface area contributed by atoms with Gasteiger partial charge in [0, 0.05) is 31.1 Å². The lowest BCUT2D eigenvalue weighted by Crippen LogP contribution is -2.45. The first kappa shape index (κ1) is 16.7. The Morgan fingerprint density at radius 1 is 1.10 bits per heavy atom. The Kier molecular flexibility index (Phi) is 6.02. The molecule has 1 aliphatic heterocycles. The van der Waals surface area contributed by atoms with Crippen molar-refractivity contribution in [1.29, 1.82) is 0 Å². The topological polar surface area (TPSA) is 15.3 Å².